The number of hydrogen-bond donors (Lipinski definition) is 2. The van der Waals surface area contributed by atoms with Gasteiger partial charge in [-0.2, -0.15) is 0 Å². The molecular weight excluding hydrogens is 380 g/mol. The minimum absolute atomic E-state index is 0.00985. The van der Waals surface area contributed by atoms with Crippen molar-refractivity contribution in [1.29, 1.82) is 0 Å². The number of fused-ring (bicyclic) bond motifs is 1. The molecule has 0 radical (unpaired) electrons. The van der Waals surface area contributed by atoms with Gasteiger partial charge < -0.3 is 10.6 Å². The highest BCUT2D eigenvalue weighted by Crippen LogP contribution is 2.29. The zero-order valence-corrected chi connectivity index (χ0v) is 17.0. The average molecular weight is 405 g/mol. The van der Waals surface area contributed by atoms with Gasteiger partial charge in [0, 0.05) is 6.42 Å². The molecule has 148 valence electrons. The minimum Gasteiger partial charge on any atom is -0.347 e. The molecule has 1 aliphatic rings. The second-order valence-corrected chi connectivity index (χ2v) is 8.29. The summed E-state index contributed by atoms with van der Waals surface area (Å²) in [4.78, 5) is 26.4. The quantitative estimate of drug-likeness (QED) is 0.644. The molecule has 3 aromatic rings. The fourth-order valence-corrected chi connectivity index (χ4v) is 4.50. The number of benzene rings is 2. The van der Waals surface area contributed by atoms with E-state index in [1.165, 1.54) is 22.5 Å². The third-order valence-corrected chi connectivity index (χ3v) is 6.20. The van der Waals surface area contributed by atoms with Crippen LogP contribution in [-0.4, -0.2) is 17.9 Å². The maximum absolute atomic E-state index is 13.2. The summed E-state index contributed by atoms with van der Waals surface area (Å²) in [7, 11) is 0. The third kappa shape index (κ3) is 4.74. The van der Waals surface area contributed by atoms with Gasteiger partial charge in [0.25, 0.3) is 5.91 Å². The normalized spacial score (nSPS) is 16.5. The zero-order valence-electron chi connectivity index (χ0n) is 16.1. The Kier molecular flexibility index (Phi) is 6.06. The molecule has 2 aromatic carbocycles. The highest BCUT2D eigenvalue weighted by Gasteiger charge is 2.27. The lowest BCUT2D eigenvalue weighted by Gasteiger charge is -2.28. The Morgan fingerprint density at radius 1 is 1.00 bits per heavy atom. The molecule has 0 aliphatic heterocycles. The smallest absolute Gasteiger partial charge is 0.262 e. The van der Waals surface area contributed by atoms with Gasteiger partial charge in [0.2, 0.25) is 5.91 Å². The molecule has 29 heavy (non-hydrogen) atoms. The largest absolute Gasteiger partial charge is 0.347 e. The van der Waals surface area contributed by atoms with Crippen molar-refractivity contribution in [3.63, 3.8) is 0 Å². The van der Waals surface area contributed by atoms with Gasteiger partial charge in [0.05, 0.1) is 10.9 Å². The van der Waals surface area contributed by atoms with Crippen LogP contribution in [0.4, 0.5) is 0 Å². The van der Waals surface area contributed by atoms with E-state index in [-0.39, 0.29) is 17.9 Å². The molecule has 0 unspecified atom stereocenters. The van der Waals surface area contributed by atoms with Crippen LogP contribution in [0.3, 0.4) is 0 Å². The number of carbonyl (C=O) groups excluding carboxylic acids is 2. The maximum atomic E-state index is 13.2. The lowest BCUT2D eigenvalue weighted by atomic mass is 9.87. The summed E-state index contributed by atoms with van der Waals surface area (Å²) in [6.45, 7) is 0. The number of amides is 2. The monoisotopic (exact) mass is 404 g/mol. The first-order valence-corrected chi connectivity index (χ1v) is 10.8. The van der Waals surface area contributed by atoms with Crippen LogP contribution in [0, 0.1) is 0 Å². The lowest BCUT2D eigenvalue weighted by Crippen LogP contribution is -2.49. The predicted octanol–water partition coefficient (Wildman–Crippen LogP) is 4.28. The third-order valence-electron chi connectivity index (χ3n) is 5.34. The van der Waals surface area contributed by atoms with Crippen molar-refractivity contribution < 1.29 is 9.59 Å². The molecule has 0 saturated heterocycles. The summed E-state index contributed by atoms with van der Waals surface area (Å²) >= 11 is 1.37. The minimum atomic E-state index is -0.624. The highest BCUT2D eigenvalue weighted by molar-refractivity contribution is 7.12. The van der Waals surface area contributed by atoms with E-state index in [4.69, 9.17) is 0 Å². The van der Waals surface area contributed by atoms with E-state index in [0.717, 1.165) is 24.8 Å². The maximum Gasteiger partial charge on any atom is 0.262 e. The van der Waals surface area contributed by atoms with E-state index in [9.17, 15) is 9.59 Å². The Hall–Kier alpha value is -2.92. The average Bonchev–Trinajstić information content (AvgIpc) is 3.29. The van der Waals surface area contributed by atoms with Crippen LogP contribution in [0.1, 0.15) is 45.2 Å². The van der Waals surface area contributed by atoms with E-state index in [1.807, 2.05) is 53.9 Å². The fourth-order valence-electron chi connectivity index (χ4n) is 3.87. The molecule has 0 saturated carbocycles. The zero-order chi connectivity index (χ0) is 20.1. The molecule has 2 atom stereocenters. The van der Waals surface area contributed by atoms with E-state index >= 15 is 0 Å². The highest BCUT2D eigenvalue weighted by atomic mass is 32.1. The van der Waals surface area contributed by atoms with Crippen LogP contribution < -0.4 is 10.6 Å². The Morgan fingerprint density at radius 2 is 1.79 bits per heavy atom. The molecule has 4 rings (SSSR count). The molecule has 1 heterocycles. The van der Waals surface area contributed by atoms with Crippen LogP contribution in [-0.2, 0) is 17.6 Å². The molecule has 0 bridgehead atoms. The molecule has 0 fully saturated rings. The first-order valence-electron chi connectivity index (χ1n) is 9.97. The van der Waals surface area contributed by atoms with Gasteiger partial charge >= 0.3 is 0 Å². The summed E-state index contributed by atoms with van der Waals surface area (Å²) in [5.74, 6) is -0.347. The number of aryl methyl sites for hydroxylation is 1. The number of thiophene rings is 1. The molecule has 2 amide bonds. The van der Waals surface area contributed by atoms with Crippen LogP contribution >= 0.6 is 11.3 Å². The van der Waals surface area contributed by atoms with Gasteiger partial charge in [-0.25, -0.2) is 0 Å². The second kappa shape index (κ2) is 9.05. The van der Waals surface area contributed by atoms with Crippen LogP contribution in [0.2, 0.25) is 0 Å². The van der Waals surface area contributed by atoms with Crippen molar-refractivity contribution in [2.45, 2.75) is 37.8 Å². The SMILES string of the molecule is O=C(N[C@H](Cc1ccccc1)C(=O)N[C@@H]1CCCc2ccccc21)c1cccs1. The first-order chi connectivity index (χ1) is 14.2. The molecule has 1 aliphatic carbocycles. The van der Waals surface area contributed by atoms with Crippen molar-refractivity contribution >= 4 is 23.2 Å². The summed E-state index contributed by atoms with van der Waals surface area (Å²) in [5, 5.41) is 8.00. The summed E-state index contributed by atoms with van der Waals surface area (Å²) in [5.41, 5.74) is 3.50. The lowest BCUT2D eigenvalue weighted by molar-refractivity contribution is -0.123. The van der Waals surface area contributed by atoms with Crippen molar-refractivity contribution in [3.8, 4) is 0 Å². The van der Waals surface area contributed by atoms with Crippen LogP contribution in [0.15, 0.2) is 72.1 Å². The van der Waals surface area contributed by atoms with Crippen molar-refractivity contribution in [1.82, 2.24) is 10.6 Å². The Labute approximate surface area is 175 Å². The molecule has 4 nitrogen and oxygen atoms in total. The van der Waals surface area contributed by atoms with Gasteiger partial charge in [-0.3, -0.25) is 9.59 Å². The second-order valence-electron chi connectivity index (χ2n) is 7.35. The Bertz CT molecular complexity index is 970. The molecular formula is C24H24N2O2S. The van der Waals surface area contributed by atoms with E-state index in [1.54, 1.807) is 6.07 Å². The summed E-state index contributed by atoms with van der Waals surface area (Å²) in [6.07, 6.45) is 3.47. The van der Waals surface area contributed by atoms with E-state index in [0.29, 0.717) is 11.3 Å². The van der Waals surface area contributed by atoms with Crippen molar-refractivity contribution in [3.05, 3.63) is 93.7 Å². The summed E-state index contributed by atoms with van der Waals surface area (Å²) < 4.78 is 0. The fraction of sp³-hybridized carbons (Fsp3) is 0.250. The van der Waals surface area contributed by atoms with E-state index in [2.05, 4.69) is 22.8 Å². The standard InChI is InChI=1S/C24H24N2O2S/c27-23(25-20-13-6-11-18-10-4-5-12-19(18)20)21(16-17-8-2-1-3-9-17)26-24(28)22-14-7-15-29-22/h1-5,7-10,12,14-15,20-21H,6,11,13,16H2,(H,25,27)(H,26,28)/t20-,21-/m1/s1. The predicted molar refractivity (Wildman–Crippen MR) is 116 cm³/mol. The number of nitrogens with one attached hydrogen (secondary N) is 2. The number of carbonyl (C=O) groups is 2. The van der Waals surface area contributed by atoms with E-state index < -0.39 is 6.04 Å². The topological polar surface area (TPSA) is 58.2 Å². The Morgan fingerprint density at radius 3 is 2.59 bits per heavy atom. The van der Waals surface area contributed by atoms with Crippen LogP contribution in [0.25, 0.3) is 0 Å². The summed E-state index contributed by atoms with van der Waals surface area (Å²) in [6, 6.07) is 21.1. The van der Waals surface area contributed by atoms with Gasteiger partial charge in [-0.1, -0.05) is 60.7 Å². The van der Waals surface area contributed by atoms with Gasteiger partial charge in [-0.15, -0.1) is 11.3 Å². The molecule has 2 N–H and O–H groups in total. The molecule has 0 spiro atoms. The number of rotatable bonds is 6. The van der Waals surface area contributed by atoms with Gasteiger partial charge in [-0.05, 0) is 47.4 Å². The van der Waals surface area contributed by atoms with Crippen molar-refractivity contribution in [2.24, 2.45) is 0 Å². The molecule has 5 heteroatoms. The Balaban J connectivity index is 1.52. The van der Waals surface area contributed by atoms with Gasteiger partial charge in [0.1, 0.15) is 6.04 Å². The van der Waals surface area contributed by atoms with Gasteiger partial charge in [0.15, 0.2) is 0 Å². The number of hydrogen-bond acceptors (Lipinski definition) is 3. The first kappa shape index (κ1) is 19.4. The van der Waals surface area contributed by atoms with Crippen molar-refractivity contribution in [2.75, 3.05) is 0 Å². The molecule has 1 aromatic heterocycles. The van der Waals surface area contributed by atoms with Crippen LogP contribution in [0.5, 0.6) is 0 Å².